The third-order valence-electron chi connectivity index (χ3n) is 5.38. The molecule has 3 aromatic rings. The predicted molar refractivity (Wildman–Crippen MR) is 121 cm³/mol. The number of nitrogens with one attached hydrogen (secondary N) is 3. The number of rotatable bonds is 3. The molecule has 0 bridgehead atoms. The Morgan fingerprint density at radius 3 is 2.91 bits per heavy atom. The highest BCUT2D eigenvalue weighted by atomic mass is 16.5. The summed E-state index contributed by atoms with van der Waals surface area (Å²) in [6, 6.07) is 7.51. The van der Waals surface area contributed by atoms with E-state index in [-0.39, 0.29) is 30.7 Å². The molecular formula is C23H25N5O6. The first kappa shape index (κ1) is 23.0. The van der Waals surface area contributed by atoms with Gasteiger partial charge in [0.1, 0.15) is 24.1 Å². The van der Waals surface area contributed by atoms with E-state index >= 15 is 0 Å². The minimum atomic E-state index is -0.796. The molecule has 3 heterocycles. The number of pyridine rings is 1. The molecule has 2 aromatic heterocycles. The fourth-order valence-electron chi connectivity index (χ4n) is 3.61. The summed E-state index contributed by atoms with van der Waals surface area (Å²) in [7, 11) is 1.53. The normalized spacial score (nSPS) is 17.5. The van der Waals surface area contributed by atoms with Crippen LogP contribution in [0.5, 0.6) is 11.5 Å². The number of nitrogens with zero attached hydrogens (tertiary/aromatic N) is 2. The predicted octanol–water partition coefficient (Wildman–Crippen LogP) is 1.44. The average molecular weight is 467 g/mol. The zero-order valence-electron chi connectivity index (χ0n) is 18.6. The maximum Gasteiger partial charge on any atom is 0.291 e. The van der Waals surface area contributed by atoms with E-state index in [9.17, 15) is 14.4 Å². The van der Waals surface area contributed by atoms with Gasteiger partial charge < -0.3 is 29.9 Å². The van der Waals surface area contributed by atoms with Crippen molar-refractivity contribution >= 4 is 28.8 Å². The first-order valence-corrected chi connectivity index (χ1v) is 10.9. The van der Waals surface area contributed by atoms with Gasteiger partial charge in [-0.25, -0.2) is 4.98 Å². The van der Waals surface area contributed by atoms with Crippen LogP contribution in [0.2, 0.25) is 0 Å². The summed E-state index contributed by atoms with van der Waals surface area (Å²) in [5.41, 5.74) is 0.705. The molecule has 11 heteroatoms. The van der Waals surface area contributed by atoms with Crippen molar-refractivity contribution in [1.29, 1.82) is 0 Å². The quantitative estimate of drug-likeness (QED) is 0.525. The first-order valence-electron chi connectivity index (χ1n) is 10.9. The fourth-order valence-corrected chi connectivity index (χ4v) is 3.61. The van der Waals surface area contributed by atoms with E-state index in [1.807, 2.05) is 0 Å². The van der Waals surface area contributed by atoms with Gasteiger partial charge in [-0.15, -0.1) is 0 Å². The maximum atomic E-state index is 12.8. The largest absolute Gasteiger partial charge is 0.497 e. The van der Waals surface area contributed by atoms with Crippen molar-refractivity contribution in [3.63, 3.8) is 0 Å². The Balaban J connectivity index is 1.45. The van der Waals surface area contributed by atoms with Crippen molar-refractivity contribution in [2.24, 2.45) is 0 Å². The van der Waals surface area contributed by atoms with Gasteiger partial charge in [-0.2, -0.15) is 0 Å². The van der Waals surface area contributed by atoms with Crippen molar-refractivity contribution in [2.75, 3.05) is 26.8 Å². The van der Waals surface area contributed by atoms with Crippen LogP contribution in [0.1, 0.15) is 40.2 Å². The van der Waals surface area contributed by atoms with Gasteiger partial charge in [0.05, 0.1) is 24.6 Å². The van der Waals surface area contributed by atoms with E-state index in [4.69, 9.17) is 14.0 Å². The molecule has 1 aromatic carbocycles. The van der Waals surface area contributed by atoms with Crippen molar-refractivity contribution in [1.82, 2.24) is 26.1 Å². The lowest BCUT2D eigenvalue weighted by Gasteiger charge is -2.19. The molecule has 3 amide bonds. The van der Waals surface area contributed by atoms with Crippen LogP contribution in [0.3, 0.4) is 0 Å². The number of amides is 3. The number of ether oxygens (including phenoxy) is 2. The highest BCUT2D eigenvalue weighted by Crippen LogP contribution is 2.25. The molecule has 34 heavy (non-hydrogen) atoms. The third kappa shape index (κ3) is 5.25. The molecule has 0 aliphatic carbocycles. The second-order valence-corrected chi connectivity index (χ2v) is 7.67. The summed E-state index contributed by atoms with van der Waals surface area (Å²) in [6.45, 7) is 0.710. The Morgan fingerprint density at radius 1 is 1.18 bits per heavy atom. The molecule has 4 rings (SSSR count). The number of methoxy groups -OCH3 is 1. The molecule has 0 saturated heterocycles. The Morgan fingerprint density at radius 2 is 2.06 bits per heavy atom. The number of aromatic nitrogens is 2. The lowest BCUT2D eigenvalue weighted by atomic mass is 10.1. The van der Waals surface area contributed by atoms with Crippen molar-refractivity contribution in [2.45, 2.75) is 25.3 Å². The van der Waals surface area contributed by atoms with E-state index in [1.165, 1.54) is 7.11 Å². The van der Waals surface area contributed by atoms with Gasteiger partial charge in [-0.05, 0) is 43.5 Å². The van der Waals surface area contributed by atoms with E-state index < -0.39 is 11.9 Å². The second kappa shape index (κ2) is 10.6. The Bertz CT molecular complexity index is 1190. The Kier molecular flexibility index (Phi) is 7.21. The van der Waals surface area contributed by atoms with Crippen LogP contribution >= 0.6 is 0 Å². The van der Waals surface area contributed by atoms with Crippen LogP contribution in [0.4, 0.5) is 0 Å². The number of benzene rings is 1. The highest BCUT2D eigenvalue weighted by molar-refractivity contribution is 6.04. The minimum absolute atomic E-state index is 0.00328. The number of fused-ring (bicyclic) bond motifs is 2. The van der Waals surface area contributed by atoms with Gasteiger partial charge in [0.2, 0.25) is 17.3 Å². The van der Waals surface area contributed by atoms with Crippen LogP contribution in [-0.4, -0.2) is 60.7 Å². The standard InChI is InChI=1S/C23H25N5O6/c1-32-14-7-8-15-18(13-14)33-12-11-26-22(30)17(6-2-3-9-25-21(15)29)27-23(31)19-16-5-4-10-24-20(16)28-34-19/h4-5,7-8,10,13,17H,2-3,6,9,11-12H2,1H3,(H,25,29)(H,26,30)(H,27,31)/t17-/m0/s1. The molecule has 0 fully saturated rings. The lowest BCUT2D eigenvalue weighted by molar-refractivity contribution is -0.123. The molecule has 1 atom stereocenters. The maximum absolute atomic E-state index is 12.8. The summed E-state index contributed by atoms with van der Waals surface area (Å²) in [5.74, 6) is -0.243. The third-order valence-corrected chi connectivity index (χ3v) is 5.38. The molecule has 0 unspecified atom stereocenters. The van der Waals surface area contributed by atoms with Gasteiger partial charge >= 0.3 is 0 Å². The van der Waals surface area contributed by atoms with Gasteiger partial charge in [-0.1, -0.05) is 5.16 Å². The Labute approximate surface area is 195 Å². The molecule has 0 saturated carbocycles. The minimum Gasteiger partial charge on any atom is -0.497 e. The van der Waals surface area contributed by atoms with Crippen LogP contribution in [-0.2, 0) is 4.79 Å². The summed E-state index contributed by atoms with van der Waals surface area (Å²) in [4.78, 5) is 42.3. The molecule has 0 radical (unpaired) electrons. The molecule has 3 N–H and O–H groups in total. The number of hydrogen-bond donors (Lipinski definition) is 3. The fraction of sp³-hybridized carbons (Fsp3) is 0.348. The number of carbonyl (C=O) groups is 3. The first-order chi connectivity index (χ1) is 16.6. The second-order valence-electron chi connectivity index (χ2n) is 7.67. The molecule has 0 spiro atoms. The van der Waals surface area contributed by atoms with Crippen LogP contribution < -0.4 is 25.4 Å². The average Bonchev–Trinajstić information content (AvgIpc) is 3.29. The molecule has 11 nitrogen and oxygen atoms in total. The summed E-state index contributed by atoms with van der Waals surface area (Å²) < 4.78 is 16.1. The zero-order valence-corrected chi connectivity index (χ0v) is 18.6. The van der Waals surface area contributed by atoms with Crippen LogP contribution in [0.25, 0.3) is 11.0 Å². The van der Waals surface area contributed by atoms with Crippen molar-refractivity contribution in [3.05, 3.63) is 47.9 Å². The van der Waals surface area contributed by atoms with Crippen molar-refractivity contribution < 1.29 is 28.4 Å². The topological polar surface area (TPSA) is 145 Å². The summed E-state index contributed by atoms with van der Waals surface area (Å²) >= 11 is 0. The van der Waals surface area contributed by atoms with Crippen LogP contribution in [0, 0.1) is 0 Å². The van der Waals surface area contributed by atoms with Gasteiger partial charge in [0.15, 0.2) is 0 Å². The smallest absolute Gasteiger partial charge is 0.291 e. The molecule has 1 aliphatic heterocycles. The zero-order chi connectivity index (χ0) is 23.9. The number of carbonyl (C=O) groups excluding carboxylic acids is 3. The summed E-state index contributed by atoms with van der Waals surface area (Å²) in [5, 5.41) is 12.6. The van der Waals surface area contributed by atoms with Gasteiger partial charge in [-0.3, -0.25) is 14.4 Å². The highest BCUT2D eigenvalue weighted by Gasteiger charge is 2.25. The SMILES string of the molecule is COc1ccc2c(c1)OCCNC(=O)[C@@H](NC(=O)c1onc3ncccc13)CCCCNC2=O. The van der Waals surface area contributed by atoms with Crippen molar-refractivity contribution in [3.8, 4) is 11.5 Å². The molecule has 178 valence electrons. The molecular weight excluding hydrogens is 442 g/mol. The van der Waals surface area contributed by atoms with Gasteiger partial charge in [0, 0.05) is 18.8 Å². The summed E-state index contributed by atoms with van der Waals surface area (Å²) in [6.07, 6.45) is 3.15. The lowest BCUT2D eigenvalue weighted by Crippen LogP contribution is -2.47. The monoisotopic (exact) mass is 467 g/mol. The Hall–Kier alpha value is -4.15. The van der Waals surface area contributed by atoms with E-state index in [1.54, 1.807) is 36.5 Å². The van der Waals surface area contributed by atoms with Crippen LogP contribution in [0.15, 0.2) is 41.1 Å². The van der Waals surface area contributed by atoms with Gasteiger partial charge in [0.25, 0.3) is 11.8 Å². The van der Waals surface area contributed by atoms with E-state index in [0.717, 1.165) is 0 Å². The van der Waals surface area contributed by atoms with E-state index in [0.29, 0.717) is 53.9 Å². The molecule has 1 aliphatic rings. The number of hydrogen-bond acceptors (Lipinski definition) is 8. The van der Waals surface area contributed by atoms with E-state index in [2.05, 4.69) is 26.1 Å².